The first kappa shape index (κ1) is 30.0. The molecule has 1 aromatic rings. The van der Waals surface area contributed by atoms with Crippen molar-refractivity contribution < 1.29 is 29.3 Å². The third-order valence-corrected chi connectivity index (χ3v) is 6.51. The molecule has 8 heteroatoms. The Hall–Kier alpha value is -2.26. The molecule has 36 heavy (non-hydrogen) atoms. The molecule has 2 amide bonds. The molecule has 2 N–H and O–H groups in total. The Bertz CT molecular complexity index is 858. The second-order valence-electron chi connectivity index (χ2n) is 10.1. The normalized spacial score (nSPS) is 25.2. The fourth-order valence-electron chi connectivity index (χ4n) is 4.52. The molecule has 4 atom stereocenters. The van der Waals surface area contributed by atoms with E-state index in [-0.39, 0.29) is 31.0 Å². The molecule has 2 rings (SSSR count). The lowest BCUT2D eigenvalue weighted by Crippen LogP contribution is -2.53. The zero-order valence-corrected chi connectivity index (χ0v) is 22.4. The highest BCUT2D eigenvalue weighted by molar-refractivity contribution is 5.92. The highest BCUT2D eigenvalue weighted by Crippen LogP contribution is 2.18. The van der Waals surface area contributed by atoms with Gasteiger partial charge < -0.3 is 29.5 Å². The molecule has 0 aromatic heterocycles. The van der Waals surface area contributed by atoms with Crippen molar-refractivity contribution in [3.05, 3.63) is 41.5 Å². The third-order valence-electron chi connectivity index (χ3n) is 6.51. The first-order chi connectivity index (χ1) is 17.1. The number of aliphatic hydroxyl groups is 2. The summed E-state index contributed by atoms with van der Waals surface area (Å²) in [6, 6.07) is 7.75. The predicted octanol–water partition coefficient (Wildman–Crippen LogP) is 2.65. The van der Waals surface area contributed by atoms with Gasteiger partial charge in [0.25, 0.3) is 0 Å². The molecule has 1 saturated heterocycles. The zero-order valence-electron chi connectivity index (χ0n) is 22.4. The van der Waals surface area contributed by atoms with Gasteiger partial charge in [-0.2, -0.15) is 0 Å². The van der Waals surface area contributed by atoms with Crippen molar-refractivity contribution in [2.45, 2.75) is 71.3 Å². The lowest BCUT2D eigenvalue weighted by atomic mass is 10.00. The number of aliphatic hydroxyl groups excluding tert-OH is 2. The number of benzene rings is 1. The van der Waals surface area contributed by atoms with Crippen LogP contribution in [-0.4, -0.2) is 96.1 Å². The molecule has 0 saturated carbocycles. The molecule has 1 fully saturated rings. The van der Waals surface area contributed by atoms with Crippen LogP contribution in [0.4, 0.5) is 0 Å². The molecule has 8 nitrogen and oxygen atoms in total. The first-order valence-electron chi connectivity index (χ1n) is 12.9. The fraction of sp³-hybridized carbons (Fsp3) is 0.643. The second kappa shape index (κ2) is 15.1. The minimum Gasteiger partial charge on any atom is -0.388 e. The number of hydrogen-bond acceptors (Lipinski definition) is 6. The number of hydrogen-bond donors (Lipinski definition) is 2. The van der Waals surface area contributed by atoms with Gasteiger partial charge in [0.15, 0.2) is 0 Å². The maximum absolute atomic E-state index is 13.5. The van der Waals surface area contributed by atoms with E-state index in [0.29, 0.717) is 38.5 Å². The summed E-state index contributed by atoms with van der Waals surface area (Å²) in [4.78, 5) is 29.6. The number of aryl methyl sites for hydroxylation is 1. The van der Waals surface area contributed by atoms with E-state index in [1.165, 1.54) is 14.0 Å². The maximum atomic E-state index is 13.5. The van der Waals surface area contributed by atoms with Crippen LogP contribution in [0.25, 0.3) is 6.08 Å². The van der Waals surface area contributed by atoms with Gasteiger partial charge in [0.2, 0.25) is 11.8 Å². The number of carbonyl (C=O) groups is 2. The third kappa shape index (κ3) is 9.65. The molecule has 1 aliphatic heterocycles. The monoisotopic (exact) mass is 504 g/mol. The molecule has 0 unspecified atom stereocenters. The number of rotatable bonds is 5. The van der Waals surface area contributed by atoms with Crippen molar-refractivity contribution in [1.29, 1.82) is 0 Å². The SMILES string of the molecule is CO[C@@H]1CN(C(C)=O)C[C@H](CC(C)C)N(C(=O)/C=C/c2cccc(C)c2)CCCCOC[C@@H](O)[C@H]1O. The van der Waals surface area contributed by atoms with Crippen LogP contribution in [0.3, 0.4) is 0 Å². The fourth-order valence-corrected chi connectivity index (χ4v) is 4.52. The summed E-state index contributed by atoms with van der Waals surface area (Å²) in [5, 5.41) is 21.0. The molecule has 0 radical (unpaired) electrons. The van der Waals surface area contributed by atoms with E-state index in [4.69, 9.17) is 9.47 Å². The van der Waals surface area contributed by atoms with E-state index in [9.17, 15) is 19.8 Å². The van der Waals surface area contributed by atoms with Gasteiger partial charge in [0.1, 0.15) is 18.3 Å². The molecule has 1 aliphatic rings. The topological polar surface area (TPSA) is 99.5 Å². The Morgan fingerprint density at radius 2 is 1.97 bits per heavy atom. The average Bonchev–Trinajstić information content (AvgIpc) is 2.82. The minimum absolute atomic E-state index is 0.0288. The standard InChI is InChI=1S/C28H44N2O6/c1-20(2)15-24-17-29(22(4)31)18-26(35-5)28(34)25(32)19-36-14-7-6-13-30(24)27(33)12-11-23-10-8-9-21(3)16-23/h8-12,16,20,24-26,28,32,34H,6-7,13-15,17-19H2,1-5H3/b12-11+/t24-,25+,26+,28+/m0/s1. The first-order valence-corrected chi connectivity index (χ1v) is 12.9. The molecule has 0 spiro atoms. The number of ether oxygens (including phenoxy) is 2. The van der Waals surface area contributed by atoms with Crippen LogP contribution in [0.1, 0.15) is 51.2 Å². The van der Waals surface area contributed by atoms with Gasteiger partial charge in [-0.05, 0) is 43.7 Å². The largest absolute Gasteiger partial charge is 0.388 e. The summed E-state index contributed by atoms with van der Waals surface area (Å²) in [6.07, 6.45) is 2.45. The summed E-state index contributed by atoms with van der Waals surface area (Å²) in [7, 11) is 1.44. The molecule has 0 aliphatic carbocycles. The van der Waals surface area contributed by atoms with Crippen molar-refractivity contribution in [3.63, 3.8) is 0 Å². The van der Waals surface area contributed by atoms with E-state index in [1.54, 1.807) is 11.0 Å². The average molecular weight is 505 g/mol. The molecular weight excluding hydrogens is 460 g/mol. The predicted molar refractivity (Wildman–Crippen MR) is 140 cm³/mol. The summed E-state index contributed by atoms with van der Waals surface area (Å²) in [5.74, 6) is 0.0173. The minimum atomic E-state index is -1.21. The van der Waals surface area contributed by atoms with Gasteiger partial charge in [0.05, 0.1) is 6.61 Å². The van der Waals surface area contributed by atoms with Gasteiger partial charge in [-0.3, -0.25) is 9.59 Å². The molecule has 1 aromatic carbocycles. The molecular formula is C28H44N2O6. The van der Waals surface area contributed by atoms with Crippen LogP contribution in [0.15, 0.2) is 30.3 Å². The maximum Gasteiger partial charge on any atom is 0.246 e. The van der Waals surface area contributed by atoms with E-state index in [2.05, 4.69) is 13.8 Å². The quantitative estimate of drug-likeness (QED) is 0.598. The number of methoxy groups -OCH3 is 1. The zero-order chi connectivity index (χ0) is 26.7. The Kier molecular flexibility index (Phi) is 12.6. The summed E-state index contributed by atoms with van der Waals surface area (Å²) in [5.41, 5.74) is 2.08. The highest BCUT2D eigenvalue weighted by Gasteiger charge is 2.32. The van der Waals surface area contributed by atoms with Crippen LogP contribution < -0.4 is 0 Å². The molecule has 0 bridgehead atoms. The molecule has 202 valence electrons. The number of nitrogens with zero attached hydrogens (tertiary/aromatic N) is 2. The Morgan fingerprint density at radius 1 is 1.22 bits per heavy atom. The van der Waals surface area contributed by atoms with E-state index >= 15 is 0 Å². The van der Waals surface area contributed by atoms with Crippen molar-refractivity contribution in [1.82, 2.24) is 9.80 Å². The smallest absolute Gasteiger partial charge is 0.246 e. The van der Waals surface area contributed by atoms with Crippen LogP contribution >= 0.6 is 0 Å². The summed E-state index contributed by atoms with van der Waals surface area (Å²) in [6.45, 7) is 9.01. The lowest BCUT2D eigenvalue weighted by Gasteiger charge is -2.38. The van der Waals surface area contributed by atoms with Crippen molar-refractivity contribution >= 4 is 17.9 Å². The Labute approximate surface area is 215 Å². The van der Waals surface area contributed by atoms with E-state index < -0.39 is 18.3 Å². The Balaban J connectivity index is 2.36. The van der Waals surface area contributed by atoms with Crippen LogP contribution in [0.2, 0.25) is 0 Å². The lowest BCUT2D eigenvalue weighted by molar-refractivity contribution is -0.140. The number of carbonyl (C=O) groups excluding carboxylic acids is 2. The van der Waals surface area contributed by atoms with Gasteiger partial charge in [-0.1, -0.05) is 43.7 Å². The van der Waals surface area contributed by atoms with Gasteiger partial charge in [-0.15, -0.1) is 0 Å². The van der Waals surface area contributed by atoms with Crippen molar-refractivity contribution in [3.8, 4) is 0 Å². The van der Waals surface area contributed by atoms with Crippen molar-refractivity contribution in [2.75, 3.05) is 40.0 Å². The van der Waals surface area contributed by atoms with Crippen LogP contribution in [0, 0.1) is 12.8 Å². The summed E-state index contributed by atoms with van der Waals surface area (Å²) >= 11 is 0. The van der Waals surface area contributed by atoms with Gasteiger partial charge >= 0.3 is 0 Å². The van der Waals surface area contributed by atoms with E-state index in [0.717, 1.165) is 17.5 Å². The van der Waals surface area contributed by atoms with Gasteiger partial charge in [0, 0.05) is 52.4 Å². The molecule has 1 heterocycles. The second-order valence-corrected chi connectivity index (χ2v) is 10.1. The van der Waals surface area contributed by atoms with Crippen LogP contribution in [-0.2, 0) is 19.1 Å². The Morgan fingerprint density at radius 3 is 2.61 bits per heavy atom. The van der Waals surface area contributed by atoms with Gasteiger partial charge in [-0.25, -0.2) is 0 Å². The van der Waals surface area contributed by atoms with Crippen molar-refractivity contribution in [2.24, 2.45) is 5.92 Å². The summed E-state index contributed by atoms with van der Waals surface area (Å²) < 4.78 is 11.0. The number of amides is 2. The van der Waals surface area contributed by atoms with Crippen LogP contribution in [0.5, 0.6) is 0 Å². The van der Waals surface area contributed by atoms with E-state index in [1.807, 2.05) is 42.2 Å². The highest BCUT2D eigenvalue weighted by atomic mass is 16.5.